The van der Waals surface area contributed by atoms with Gasteiger partial charge in [0.05, 0.1) is 5.56 Å². The summed E-state index contributed by atoms with van der Waals surface area (Å²) in [7, 11) is 0. The zero-order valence-electron chi connectivity index (χ0n) is 9.33. The van der Waals surface area contributed by atoms with Gasteiger partial charge in [-0.05, 0) is 47.0 Å². The number of carbonyl (C=O) groups is 1. The average Bonchev–Trinajstić information content (AvgIpc) is 2.76. The van der Waals surface area contributed by atoms with Gasteiger partial charge >= 0.3 is 0 Å². The number of rotatable bonds is 2. The summed E-state index contributed by atoms with van der Waals surface area (Å²) in [6, 6.07) is 4.22. The monoisotopic (exact) mass is 300 g/mol. The molecule has 1 fully saturated rings. The van der Waals surface area contributed by atoms with E-state index in [9.17, 15) is 9.18 Å². The van der Waals surface area contributed by atoms with E-state index < -0.39 is 0 Å². The van der Waals surface area contributed by atoms with Gasteiger partial charge in [-0.3, -0.25) is 4.79 Å². The third kappa shape index (κ3) is 2.50. The number of carbonyl (C=O) groups excluding carboxylic acids is 1. The lowest BCUT2D eigenvalue weighted by atomic mass is 10.1. The van der Waals surface area contributed by atoms with E-state index in [0.29, 0.717) is 16.6 Å². The lowest BCUT2D eigenvalue weighted by Gasteiger charge is -2.24. The number of likely N-dealkylation sites (tertiary alicyclic amines) is 1. The third-order valence-corrected chi connectivity index (χ3v) is 3.73. The summed E-state index contributed by atoms with van der Waals surface area (Å²) in [6.07, 6.45) is 1.92. The van der Waals surface area contributed by atoms with E-state index in [1.807, 2.05) is 0 Å². The first-order valence-corrected chi connectivity index (χ1v) is 6.39. The molecule has 92 valence electrons. The van der Waals surface area contributed by atoms with Crippen LogP contribution < -0.4 is 5.73 Å². The molecule has 1 aromatic carbocycles. The molecule has 0 unspecified atom stereocenters. The van der Waals surface area contributed by atoms with E-state index in [1.54, 1.807) is 4.90 Å². The summed E-state index contributed by atoms with van der Waals surface area (Å²) in [5, 5.41) is 0. The summed E-state index contributed by atoms with van der Waals surface area (Å²) >= 11 is 3.22. The predicted octanol–water partition coefficient (Wildman–Crippen LogP) is 2.15. The van der Waals surface area contributed by atoms with Crippen molar-refractivity contribution in [3.63, 3.8) is 0 Å². The van der Waals surface area contributed by atoms with Crippen LogP contribution in [0.2, 0.25) is 0 Å². The van der Waals surface area contributed by atoms with Crippen molar-refractivity contribution in [2.45, 2.75) is 18.9 Å². The maximum Gasteiger partial charge on any atom is 0.255 e. The van der Waals surface area contributed by atoms with Gasteiger partial charge in [-0.2, -0.15) is 0 Å². The molecule has 5 heteroatoms. The van der Waals surface area contributed by atoms with Gasteiger partial charge in [0.1, 0.15) is 5.82 Å². The first-order valence-electron chi connectivity index (χ1n) is 5.59. The van der Waals surface area contributed by atoms with Crippen LogP contribution in [0.3, 0.4) is 0 Å². The van der Waals surface area contributed by atoms with E-state index in [4.69, 9.17) is 5.73 Å². The fourth-order valence-electron chi connectivity index (χ4n) is 2.17. The minimum Gasteiger partial charge on any atom is -0.334 e. The summed E-state index contributed by atoms with van der Waals surface area (Å²) in [5.74, 6) is -0.435. The standard InChI is InChI=1S/C12H14BrFN2O/c13-11-6-8(14)3-4-10(11)12(17)16-5-1-2-9(16)7-15/h3-4,6,9H,1-2,5,7,15H2/t9-/m0/s1. The quantitative estimate of drug-likeness (QED) is 0.910. The predicted molar refractivity (Wildman–Crippen MR) is 67.2 cm³/mol. The van der Waals surface area contributed by atoms with Crippen LogP contribution in [0.25, 0.3) is 0 Å². The van der Waals surface area contributed by atoms with Crippen LogP contribution in [0.4, 0.5) is 4.39 Å². The second-order valence-corrected chi connectivity index (χ2v) is 5.01. The van der Waals surface area contributed by atoms with Crippen LogP contribution in [0.15, 0.2) is 22.7 Å². The molecule has 1 atom stereocenters. The van der Waals surface area contributed by atoms with E-state index >= 15 is 0 Å². The molecule has 1 amide bonds. The molecule has 0 radical (unpaired) electrons. The van der Waals surface area contributed by atoms with Crippen LogP contribution in [-0.4, -0.2) is 29.9 Å². The Kier molecular flexibility index (Phi) is 3.79. The number of nitrogens with two attached hydrogens (primary N) is 1. The lowest BCUT2D eigenvalue weighted by Crippen LogP contribution is -2.40. The molecule has 1 aromatic rings. The van der Waals surface area contributed by atoms with Crippen molar-refractivity contribution in [3.05, 3.63) is 34.1 Å². The Labute approximate surface area is 108 Å². The molecule has 0 saturated carbocycles. The summed E-state index contributed by atoms with van der Waals surface area (Å²) in [6.45, 7) is 1.20. The number of halogens is 2. The van der Waals surface area contributed by atoms with Crippen LogP contribution in [0, 0.1) is 5.82 Å². The normalized spacial score (nSPS) is 19.7. The second-order valence-electron chi connectivity index (χ2n) is 4.15. The molecule has 3 nitrogen and oxygen atoms in total. The van der Waals surface area contributed by atoms with Crippen molar-refractivity contribution in [1.29, 1.82) is 0 Å². The van der Waals surface area contributed by atoms with Gasteiger partial charge in [-0.15, -0.1) is 0 Å². The summed E-state index contributed by atoms with van der Waals surface area (Å²) in [5.41, 5.74) is 6.13. The Hall–Kier alpha value is -0.940. The smallest absolute Gasteiger partial charge is 0.255 e. The number of nitrogens with zero attached hydrogens (tertiary/aromatic N) is 1. The molecule has 0 aromatic heterocycles. The van der Waals surface area contributed by atoms with Crippen molar-refractivity contribution in [2.75, 3.05) is 13.1 Å². The maximum atomic E-state index is 13.0. The molecule has 1 heterocycles. The van der Waals surface area contributed by atoms with Gasteiger partial charge in [0.2, 0.25) is 0 Å². The van der Waals surface area contributed by atoms with Crippen LogP contribution in [0.1, 0.15) is 23.2 Å². The van der Waals surface area contributed by atoms with Crippen LogP contribution in [0.5, 0.6) is 0 Å². The molecule has 0 bridgehead atoms. The Balaban J connectivity index is 2.24. The molecule has 1 aliphatic rings. The minimum atomic E-state index is -0.356. The van der Waals surface area contributed by atoms with E-state index in [1.165, 1.54) is 18.2 Å². The maximum absolute atomic E-state index is 13.0. The molecular weight excluding hydrogens is 287 g/mol. The number of benzene rings is 1. The van der Waals surface area contributed by atoms with Crippen LogP contribution >= 0.6 is 15.9 Å². The number of hydrogen-bond donors (Lipinski definition) is 1. The lowest BCUT2D eigenvalue weighted by molar-refractivity contribution is 0.0740. The highest BCUT2D eigenvalue weighted by Gasteiger charge is 2.29. The highest BCUT2D eigenvalue weighted by molar-refractivity contribution is 9.10. The number of amides is 1. The summed E-state index contributed by atoms with van der Waals surface area (Å²) in [4.78, 5) is 14.0. The Morgan fingerprint density at radius 1 is 1.59 bits per heavy atom. The average molecular weight is 301 g/mol. The van der Waals surface area contributed by atoms with Crippen molar-refractivity contribution < 1.29 is 9.18 Å². The van der Waals surface area contributed by atoms with Crippen molar-refractivity contribution in [2.24, 2.45) is 5.73 Å². The van der Waals surface area contributed by atoms with Gasteiger partial charge in [0.25, 0.3) is 5.91 Å². The minimum absolute atomic E-state index is 0.0789. The fraction of sp³-hybridized carbons (Fsp3) is 0.417. The first-order chi connectivity index (χ1) is 8.13. The highest BCUT2D eigenvalue weighted by Crippen LogP contribution is 2.24. The third-order valence-electron chi connectivity index (χ3n) is 3.07. The molecule has 2 N–H and O–H groups in total. The van der Waals surface area contributed by atoms with Crippen LogP contribution in [-0.2, 0) is 0 Å². The van der Waals surface area contributed by atoms with E-state index in [-0.39, 0.29) is 17.8 Å². The van der Waals surface area contributed by atoms with Gasteiger partial charge in [-0.25, -0.2) is 4.39 Å². The van der Waals surface area contributed by atoms with Crippen molar-refractivity contribution in [1.82, 2.24) is 4.90 Å². The molecule has 0 aliphatic carbocycles. The molecule has 1 aliphatic heterocycles. The largest absolute Gasteiger partial charge is 0.334 e. The SMILES string of the molecule is NC[C@@H]1CCCN1C(=O)c1ccc(F)cc1Br. The topological polar surface area (TPSA) is 46.3 Å². The molecular formula is C12H14BrFN2O. The van der Waals surface area contributed by atoms with Crippen molar-refractivity contribution in [3.8, 4) is 0 Å². The van der Waals surface area contributed by atoms with Crippen molar-refractivity contribution >= 4 is 21.8 Å². The second kappa shape index (κ2) is 5.14. The highest BCUT2D eigenvalue weighted by atomic mass is 79.9. The van der Waals surface area contributed by atoms with Gasteiger partial charge in [-0.1, -0.05) is 0 Å². The van der Waals surface area contributed by atoms with E-state index in [0.717, 1.165) is 19.4 Å². The first kappa shape index (κ1) is 12.5. The number of hydrogen-bond acceptors (Lipinski definition) is 2. The molecule has 2 rings (SSSR count). The van der Waals surface area contributed by atoms with Gasteiger partial charge < -0.3 is 10.6 Å². The Morgan fingerprint density at radius 2 is 2.35 bits per heavy atom. The summed E-state index contributed by atoms with van der Waals surface area (Å²) < 4.78 is 13.4. The molecule has 17 heavy (non-hydrogen) atoms. The Morgan fingerprint density at radius 3 is 3.00 bits per heavy atom. The molecule has 1 saturated heterocycles. The zero-order chi connectivity index (χ0) is 12.4. The van der Waals surface area contributed by atoms with Gasteiger partial charge in [0.15, 0.2) is 0 Å². The fourth-order valence-corrected chi connectivity index (χ4v) is 2.69. The zero-order valence-corrected chi connectivity index (χ0v) is 10.9. The van der Waals surface area contributed by atoms with Gasteiger partial charge in [0, 0.05) is 23.6 Å². The van der Waals surface area contributed by atoms with E-state index in [2.05, 4.69) is 15.9 Å². The molecule has 0 spiro atoms. The Bertz CT molecular complexity index is 439.